The molecule has 0 radical (unpaired) electrons. The third kappa shape index (κ3) is 7.89. The summed E-state index contributed by atoms with van der Waals surface area (Å²) in [6, 6.07) is 16.4. The van der Waals surface area contributed by atoms with E-state index < -0.39 is 17.8 Å². The number of rotatable bonds is 10. The molecule has 10 heteroatoms. The van der Waals surface area contributed by atoms with Gasteiger partial charge in [-0.15, -0.1) is 0 Å². The summed E-state index contributed by atoms with van der Waals surface area (Å²) in [5, 5.41) is 2.45. The summed E-state index contributed by atoms with van der Waals surface area (Å²) in [5.74, 6) is 0.215. The fourth-order valence-corrected chi connectivity index (χ4v) is 3.32. The van der Waals surface area contributed by atoms with Crippen molar-refractivity contribution < 1.29 is 31.9 Å². The molecule has 1 aromatic heterocycles. The molecule has 1 N–H and O–H groups in total. The first-order valence-electron chi connectivity index (χ1n) is 10.8. The van der Waals surface area contributed by atoms with Gasteiger partial charge in [0.1, 0.15) is 12.3 Å². The van der Waals surface area contributed by atoms with Gasteiger partial charge in [0.05, 0.1) is 25.0 Å². The summed E-state index contributed by atoms with van der Waals surface area (Å²) >= 11 is 0. The predicted molar refractivity (Wildman–Crippen MR) is 123 cm³/mol. The molecule has 0 saturated carbocycles. The minimum Gasteiger partial charge on any atom is -0.467 e. The van der Waals surface area contributed by atoms with Crippen LogP contribution in [0.25, 0.3) is 0 Å². The number of urea groups is 1. The van der Waals surface area contributed by atoms with E-state index in [2.05, 4.69) is 5.32 Å². The van der Waals surface area contributed by atoms with Gasteiger partial charge in [-0.3, -0.25) is 4.79 Å². The molecule has 0 aliphatic rings. The Balaban J connectivity index is 1.75. The monoisotopic (exact) mass is 489 g/mol. The number of carbonyl (C=O) groups is 2. The maximum Gasteiger partial charge on any atom is 0.416 e. The van der Waals surface area contributed by atoms with Gasteiger partial charge in [0.25, 0.3) is 0 Å². The van der Waals surface area contributed by atoms with Crippen LogP contribution < -0.4 is 5.32 Å². The zero-order valence-electron chi connectivity index (χ0n) is 19.1. The van der Waals surface area contributed by atoms with Crippen LogP contribution in [0.4, 0.5) is 23.7 Å². The third-order valence-electron chi connectivity index (χ3n) is 5.12. The van der Waals surface area contributed by atoms with Crippen LogP contribution in [-0.4, -0.2) is 48.5 Å². The highest BCUT2D eigenvalue weighted by Crippen LogP contribution is 2.30. The molecule has 3 aromatic rings. The maximum atomic E-state index is 13.3. The Bertz CT molecular complexity index is 1090. The zero-order valence-corrected chi connectivity index (χ0v) is 19.1. The van der Waals surface area contributed by atoms with Crippen LogP contribution in [0.1, 0.15) is 16.9 Å². The molecule has 3 amide bonds. The van der Waals surface area contributed by atoms with Crippen LogP contribution in [0.3, 0.4) is 0 Å². The molecule has 0 aliphatic carbocycles. The summed E-state index contributed by atoms with van der Waals surface area (Å²) in [7, 11) is 1.45. The van der Waals surface area contributed by atoms with Gasteiger partial charge in [-0.05, 0) is 35.9 Å². The van der Waals surface area contributed by atoms with E-state index in [4.69, 9.17) is 9.15 Å². The number of benzene rings is 2. The smallest absolute Gasteiger partial charge is 0.416 e. The molecular formula is C25H26F3N3O4. The number of methoxy groups -OCH3 is 1. The van der Waals surface area contributed by atoms with Gasteiger partial charge in [-0.25, -0.2) is 4.79 Å². The van der Waals surface area contributed by atoms with Gasteiger partial charge in [0.15, 0.2) is 0 Å². The van der Waals surface area contributed by atoms with Crippen molar-refractivity contribution in [2.24, 2.45) is 0 Å². The SMILES string of the molecule is COCCN(CC(=O)N(Cc1ccccc1)Cc1ccco1)C(=O)Nc1cccc(C(F)(F)F)c1. The van der Waals surface area contributed by atoms with Gasteiger partial charge >= 0.3 is 12.2 Å². The molecule has 0 fully saturated rings. The minimum atomic E-state index is -4.55. The quantitative estimate of drug-likeness (QED) is 0.435. The number of hydrogen-bond acceptors (Lipinski definition) is 4. The van der Waals surface area contributed by atoms with Crippen molar-refractivity contribution >= 4 is 17.6 Å². The van der Waals surface area contributed by atoms with E-state index in [0.29, 0.717) is 5.76 Å². The number of carbonyl (C=O) groups excluding carboxylic acids is 2. The number of halogens is 3. The van der Waals surface area contributed by atoms with Crippen LogP contribution >= 0.6 is 0 Å². The molecule has 3 rings (SSSR count). The van der Waals surface area contributed by atoms with Crippen LogP contribution in [-0.2, 0) is 28.8 Å². The summed E-state index contributed by atoms with van der Waals surface area (Å²) < 4.78 is 49.5. The second-order valence-corrected chi connectivity index (χ2v) is 7.74. The van der Waals surface area contributed by atoms with E-state index in [1.54, 1.807) is 17.0 Å². The van der Waals surface area contributed by atoms with E-state index in [-0.39, 0.29) is 44.4 Å². The fourth-order valence-electron chi connectivity index (χ4n) is 3.32. The zero-order chi connectivity index (χ0) is 25.3. The van der Waals surface area contributed by atoms with E-state index >= 15 is 0 Å². The van der Waals surface area contributed by atoms with E-state index in [0.717, 1.165) is 17.7 Å². The van der Waals surface area contributed by atoms with Crippen LogP contribution in [0.15, 0.2) is 77.4 Å². The van der Waals surface area contributed by atoms with Gasteiger partial charge in [0.2, 0.25) is 5.91 Å². The lowest BCUT2D eigenvalue weighted by Gasteiger charge is -2.27. The number of amides is 3. The van der Waals surface area contributed by atoms with Crippen molar-refractivity contribution in [3.63, 3.8) is 0 Å². The molecule has 0 spiro atoms. The molecule has 0 bridgehead atoms. The standard InChI is InChI=1S/C25H26F3N3O4/c1-34-14-12-30(24(33)29-21-10-5-9-20(15-21)25(26,27)28)18-23(32)31(17-22-11-6-13-35-22)16-19-7-3-2-4-8-19/h2-11,13,15H,12,14,16-18H2,1H3,(H,29,33). The molecule has 1 heterocycles. The van der Waals surface area contributed by atoms with Crippen molar-refractivity contribution in [3.05, 3.63) is 89.9 Å². The molecule has 0 atom stereocenters. The maximum absolute atomic E-state index is 13.3. The topological polar surface area (TPSA) is 75.0 Å². The number of anilines is 1. The number of ether oxygens (including phenoxy) is 1. The van der Waals surface area contributed by atoms with Crippen LogP contribution in [0.2, 0.25) is 0 Å². The highest BCUT2D eigenvalue weighted by atomic mass is 19.4. The highest BCUT2D eigenvalue weighted by Gasteiger charge is 2.31. The highest BCUT2D eigenvalue weighted by molar-refractivity contribution is 5.92. The molecule has 0 saturated heterocycles. The van der Waals surface area contributed by atoms with Crippen LogP contribution in [0, 0.1) is 0 Å². The molecule has 0 unspecified atom stereocenters. The Morgan fingerprint density at radius 1 is 0.971 bits per heavy atom. The van der Waals surface area contributed by atoms with Crippen molar-refractivity contribution in [2.45, 2.75) is 19.3 Å². The average Bonchev–Trinajstić information content (AvgIpc) is 3.34. The average molecular weight is 489 g/mol. The first kappa shape index (κ1) is 25.8. The third-order valence-corrected chi connectivity index (χ3v) is 5.12. The first-order valence-corrected chi connectivity index (χ1v) is 10.8. The molecule has 7 nitrogen and oxygen atoms in total. The molecular weight excluding hydrogens is 463 g/mol. The van der Waals surface area contributed by atoms with Gasteiger partial charge < -0.3 is 24.3 Å². The Hall–Kier alpha value is -3.79. The molecule has 2 aromatic carbocycles. The Morgan fingerprint density at radius 2 is 1.74 bits per heavy atom. The van der Waals surface area contributed by atoms with E-state index in [1.807, 2.05) is 30.3 Å². The summed E-state index contributed by atoms with van der Waals surface area (Å²) in [6.07, 6.45) is -3.04. The second kappa shape index (κ2) is 12.1. The summed E-state index contributed by atoms with van der Waals surface area (Å²) in [6.45, 7) is 0.372. The van der Waals surface area contributed by atoms with Gasteiger partial charge in [-0.2, -0.15) is 13.2 Å². The second-order valence-electron chi connectivity index (χ2n) is 7.74. The predicted octanol–water partition coefficient (Wildman–Crippen LogP) is 5.01. The lowest BCUT2D eigenvalue weighted by Crippen LogP contribution is -2.45. The van der Waals surface area contributed by atoms with Crippen molar-refractivity contribution in [3.8, 4) is 0 Å². The van der Waals surface area contributed by atoms with Crippen molar-refractivity contribution in [2.75, 3.05) is 32.1 Å². The molecule has 186 valence electrons. The number of alkyl halides is 3. The lowest BCUT2D eigenvalue weighted by atomic mass is 10.2. The van der Waals surface area contributed by atoms with E-state index in [1.165, 1.54) is 30.4 Å². The number of nitrogens with zero attached hydrogens (tertiary/aromatic N) is 2. The lowest BCUT2D eigenvalue weighted by molar-refractivity contribution is -0.137. The summed E-state index contributed by atoms with van der Waals surface area (Å²) in [5.41, 5.74) is -0.0250. The molecule has 0 aliphatic heterocycles. The minimum absolute atomic E-state index is 0.0311. The largest absolute Gasteiger partial charge is 0.467 e. The fraction of sp³-hybridized carbons (Fsp3) is 0.280. The molecule has 35 heavy (non-hydrogen) atoms. The van der Waals surface area contributed by atoms with Crippen molar-refractivity contribution in [1.29, 1.82) is 0 Å². The van der Waals surface area contributed by atoms with Gasteiger partial charge in [0, 0.05) is 25.9 Å². The van der Waals surface area contributed by atoms with Crippen LogP contribution in [0.5, 0.6) is 0 Å². The van der Waals surface area contributed by atoms with Gasteiger partial charge in [-0.1, -0.05) is 36.4 Å². The Labute approximate surface area is 201 Å². The number of nitrogens with one attached hydrogen (secondary N) is 1. The Kier molecular flexibility index (Phi) is 8.91. The Morgan fingerprint density at radius 3 is 2.40 bits per heavy atom. The normalized spacial score (nSPS) is 11.2. The number of furan rings is 1. The van der Waals surface area contributed by atoms with Crippen molar-refractivity contribution in [1.82, 2.24) is 9.80 Å². The number of hydrogen-bond donors (Lipinski definition) is 1. The first-order chi connectivity index (χ1) is 16.8. The summed E-state index contributed by atoms with van der Waals surface area (Å²) in [4.78, 5) is 28.9. The van der Waals surface area contributed by atoms with E-state index in [9.17, 15) is 22.8 Å².